The highest BCUT2D eigenvalue weighted by molar-refractivity contribution is 5.98. The van der Waals surface area contributed by atoms with Gasteiger partial charge in [0.25, 0.3) is 5.91 Å². The van der Waals surface area contributed by atoms with Crippen molar-refractivity contribution in [1.82, 2.24) is 10.2 Å². The molecule has 1 saturated carbocycles. The normalized spacial score (nSPS) is 16.7. The van der Waals surface area contributed by atoms with E-state index in [1.54, 1.807) is 18.2 Å². The standard InChI is InChI=1S/C23H27N3O2/c27-22(20-4-3-5-21(14-20)25-23(28)19-10-11-19)24-15-17-6-8-18(9-7-17)16-26-12-1-2-13-26/h3-9,14,19H,1-2,10-13,15-16H2,(H,24,27)(H,25,28). The third kappa shape index (κ3) is 4.98. The van der Waals surface area contributed by atoms with Crippen LogP contribution in [0.4, 0.5) is 5.69 Å². The van der Waals surface area contributed by atoms with Crippen molar-refractivity contribution in [3.63, 3.8) is 0 Å². The van der Waals surface area contributed by atoms with E-state index in [1.807, 2.05) is 6.07 Å². The molecule has 2 aromatic rings. The quantitative estimate of drug-likeness (QED) is 0.776. The molecule has 1 aliphatic carbocycles. The first kappa shape index (κ1) is 18.7. The summed E-state index contributed by atoms with van der Waals surface area (Å²) in [5.41, 5.74) is 3.63. The fourth-order valence-corrected chi connectivity index (χ4v) is 3.57. The molecule has 5 nitrogen and oxygen atoms in total. The average molecular weight is 377 g/mol. The molecule has 0 unspecified atom stereocenters. The van der Waals surface area contributed by atoms with Crippen molar-refractivity contribution in [2.24, 2.45) is 5.92 Å². The summed E-state index contributed by atoms with van der Waals surface area (Å²) >= 11 is 0. The average Bonchev–Trinajstić information content (AvgIpc) is 3.45. The van der Waals surface area contributed by atoms with E-state index in [0.717, 1.165) is 24.9 Å². The van der Waals surface area contributed by atoms with Gasteiger partial charge in [0.2, 0.25) is 5.91 Å². The van der Waals surface area contributed by atoms with Gasteiger partial charge in [-0.2, -0.15) is 0 Å². The van der Waals surface area contributed by atoms with Crippen LogP contribution in [-0.4, -0.2) is 29.8 Å². The topological polar surface area (TPSA) is 61.4 Å². The van der Waals surface area contributed by atoms with Gasteiger partial charge in [-0.05, 0) is 68.1 Å². The minimum absolute atomic E-state index is 0.0478. The lowest BCUT2D eigenvalue weighted by Gasteiger charge is -2.14. The molecule has 4 rings (SSSR count). The Hall–Kier alpha value is -2.66. The molecule has 5 heteroatoms. The van der Waals surface area contributed by atoms with Gasteiger partial charge in [0.1, 0.15) is 0 Å². The lowest BCUT2D eigenvalue weighted by molar-refractivity contribution is -0.117. The molecule has 28 heavy (non-hydrogen) atoms. The molecule has 0 spiro atoms. The molecule has 2 aromatic carbocycles. The molecule has 2 amide bonds. The zero-order valence-electron chi connectivity index (χ0n) is 16.1. The summed E-state index contributed by atoms with van der Waals surface area (Å²) in [6.07, 6.45) is 4.52. The fourth-order valence-electron chi connectivity index (χ4n) is 3.57. The van der Waals surface area contributed by atoms with Gasteiger partial charge in [-0.3, -0.25) is 14.5 Å². The van der Waals surface area contributed by atoms with Crippen LogP contribution in [0.25, 0.3) is 0 Å². The summed E-state index contributed by atoms with van der Waals surface area (Å²) in [4.78, 5) is 26.8. The number of carbonyl (C=O) groups excluding carboxylic acids is 2. The lowest BCUT2D eigenvalue weighted by atomic mass is 10.1. The van der Waals surface area contributed by atoms with E-state index in [9.17, 15) is 9.59 Å². The van der Waals surface area contributed by atoms with Crippen molar-refractivity contribution >= 4 is 17.5 Å². The Bertz CT molecular complexity index is 837. The highest BCUT2D eigenvalue weighted by Gasteiger charge is 2.29. The summed E-state index contributed by atoms with van der Waals surface area (Å²) in [7, 11) is 0. The second-order valence-electron chi connectivity index (χ2n) is 7.83. The molecule has 1 heterocycles. The van der Waals surface area contributed by atoms with Gasteiger partial charge >= 0.3 is 0 Å². The first-order valence-electron chi connectivity index (χ1n) is 10.2. The Labute approximate surface area is 166 Å². The number of likely N-dealkylation sites (tertiary alicyclic amines) is 1. The van der Waals surface area contributed by atoms with Crippen molar-refractivity contribution in [3.8, 4) is 0 Å². The SMILES string of the molecule is O=C(NCc1ccc(CN2CCCC2)cc1)c1cccc(NC(=O)C2CC2)c1. The van der Waals surface area contributed by atoms with E-state index >= 15 is 0 Å². The van der Waals surface area contributed by atoms with Crippen LogP contribution in [0.3, 0.4) is 0 Å². The minimum atomic E-state index is -0.135. The number of carbonyl (C=O) groups is 2. The summed E-state index contributed by atoms with van der Waals surface area (Å²) < 4.78 is 0. The molecular formula is C23H27N3O2. The van der Waals surface area contributed by atoms with Crippen molar-refractivity contribution in [1.29, 1.82) is 0 Å². The molecule has 0 radical (unpaired) electrons. The number of nitrogens with one attached hydrogen (secondary N) is 2. The van der Waals surface area contributed by atoms with Crippen LogP contribution in [0, 0.1) is 5.92 Å². The van der Waals surface area contributed by atoms with Crippen LogP contribution in [-0.2, 0) is 17.9 Å². The molecular weight excluding hydrogens is 350 g/mol. The zero-order chi connectivity index (χ0) is 19.3. The Morgan fingerprint density at radius 1 is 0.964 bits per heavy atom. The molecule has 0 bridgehead atoms. The molecule has 2 fully saturated rings. The number of anilines is 1. The third-order valence-corrected chi connectivity index (χ3v) is 5.42. The Morgan fingerprint density at radius 2 is 1.68 bits per heavy atom. The maximum absolute atomic E-state index is 12.5. The number of nitrogens with zero attached hydrogens (tertiary/aromatic N) is 1. The summed E-state index contributed by atoms with van der Waals surface area (Å²) in [6.45, 7) is 3.88. The Morgan fingerprint density at radius 3 is 2.39 bits per heavy atom. The summed E-state index contributed by atoms with van der Waals surface area (Å²) in [6, 6.07) is 15.6. The predicted octanol–water partition coefficient (Wildman–Crippen LogP) is 3.56. The first-order valence-corrected chi connectivity index (χ1v) is 10.2. The number of benzene rings is 2. The van der Waals surface area contributed by atoms with Crippen LogP contribution in [0.2, 0.25) is 0 Å². The van der Waals surface area contributed by atoms with E-state index in [-0.39, 0.29) is 17.7 Å². The summed E-state index contributed by atoms with van der Waals surface area (Å²) in [5, 5.41) is 5.85. The number of hydrogen-bond donors (Lipinski definition) is 2. The molecule has 146 valence electrons. The minimum Gasteiger partial charge on any atom is -0.348 e. The Kier molecular flexibility index (Phi) is 5.72. The fraction of sp³-hybridized carbons (Fsp3) is 0.391. The second-order valence-corrected chi connectivity index (χ2v) is 7.83. The van der Waals surface area contributed by atoms with Crippen molar-refractivity contribution < 1.29 is 9.59 Å². The third-order valence-electron chi connectivity index (χ3n) is 5.42. The molecule has 0 atom stereocenters. The van der Waals surface area contributed by atoms with Crippen LogP contribution < -0.4 is 10.6 Å². The van der Waals surface area contributed by atoms with Gasteiger partial charge in [0, 0.05) is 30.3 Å². The number of hydrogen-bond acceptors (Lipinski definition) is 3. The van der Waals surface area contributed by atoms with E-state index in [1.165, 1.54) is 31.5 Å². The van der Waals surface area contributed by atoms with E-state index in [4.69, 9.17) is 0 Å². The van der Waals surface area contributed by atoms with Gasteiger partial charge in [0.05, 0.1) is 0 Å². The monoisotopic (exact) mass is 377 g/mol. The van der Waals surface area contributed by atoms with E-state index in [2.05, 4.69) is 39.8 Å². The molecule has 1 saturated heterocycles. The molecule has 2 N–H and O–H groups in total. The highest BCUT2D eigenvalue weighted by Crippen LogP contribution is 2.30. The molecule has 2 aliphatic rings. The van der Waals surface area contributed by atoms with Crippen molar-refractivity contribution in [3.05, 3.63) is 65.2 Å². The maximum Gasteiger partial charge on any atom is 0.251 e. The van der Waals surface area contributed by atoms with E-state index < -0.39 is 0 Å². The van der Waals surface area contributed by atoms with Gasteiger partial charge in [-0.25, -0.2) is 0 Å². The first-order chi connectivity index (χ1) is 13.7. The van der Waals surface area contributed by atoms with E-state index in [0.29, 0.717) is 17.8 Å². The Balaban J connectivity index is 1.29. The van der Waals surface area contributed by atoms with Crippen LogP contribution in [0.5, 0.6) is 0 Å². The molecule has 1 aliphatic heterocycles. The smallest absolute Gasteiger partial charge is 0.251 e. The van der Waals surface area contributed by atoms with Gasteiger partial charge in [-0.1, -0.05) is 30.3 Å². The zero-order valence-corrected chi connectivity index (χ0v) is 16.1. The predicted molar refractivity (Wildman–Crippen MR) is 110 cm³/mol. The lowest BCUT2D eigenvalue weighted by Crippen LogP contribution is -2.23. The van der Waals surface area contributed by atoms with Crippen LogP contribution in [0.15, 0.2) is 48.5 Å². The van der Waals surface area contributed by atoms with Crippen LogP contribution in [0.1, 0.15) is 47.2 Å². The van der Waals surface area contributed by atoms with Crippen LogP contribution >= 0.6 is 0 Å². The van der Waals surface area contributed by atoms with Gasteiger partial charge < -0.3 is 10.6 Å². The second kappa shape index (κ2) is 8.57. The van der Waals surface area contributed by atoms with Gasteiger partial charge in [-0.15, -0.1) is 0 Å². The van der Waals surface area contributed by atoms with Crippen molar-refractivity contribution in [2.75, 3.05) is 18.4 Å². The summed E-state index contributed by atoms with van der Waals surface area (Å²) in [5.74, 6) is 0.0566. The number of amides is 2. The largest absolute Gasteiger partial charge is 0.348 e. The maximum atomic E-state index is 12.5. The van der Waals surface area contributed by atoms with Crippen molar-refractivity contribution in [2.45, 2.75) is 38.8 Å². The van der Waals surface area contributed by atoms with Gasteiger partial charge in [0.15, 0.2) is 0 Å². The number of rotatable bonds is 7. The molecule has 0 aromatic heterocycles. The highest BCUT2D eigenvalue weighted by atomic mass is 16.2.